The fourth-order valence-electron chi connectivity index (χ4n) is 3.50. The molecule has 1 aliphatic heterocycles. The molecule has 2 aliphatic rings. The molecular weight excluding hydrogens is 367 g/mol. The molecule has 0 spiro atoms. The minimum atomic E-state index is 0. The highest BCUT2D eigenvalue weighted by Gasteiger charge is 2.37. The molecule has 1 aromatic rings. The van der Waals surface area contributed by atoms with Crippen LogP contribution in [0.3, 0.4) is 0 Å². The molecule has 138 valence electrons. The number of aromatic nitrogens is 1. The normalized spacial score (nSPS) is 19.5. The van der Waals surface area contributed by atoms with E-state index in [1.807, 2.05) is 4.90 Å². The molecule has 0 unspecified atom stereocenters. The average Bonchev–Trinajstić information content (AvgIpc) is 3.18. The molecule has 2 N–H and O–H groups in total. The van der Waals surface area contributed by atoms with Gasteiger partial charge in [-0.25, -0.2) is 4.98 Å². The quantitative estimate of drug-likeness (QED) is 0.804. The molecule has 1 aliphatic carbocycles. The first-order valence-corrected chi connectivity index (χ1v) is 9.24. The highest BCUT2D eigenvalue weighted by Crippen LogP contribution is 2.40. The van der Waals surface area contributed by atoms with Crippen molar-refractivity contribution in [3.05, 3.63) is 16.1 Å². The number of hydrogen-bond donors (Lipinski definition) is 2. The molecular formula is C16H28Cl2N4OS. The number of aryl methyl sites for hydroxylation is 1. The number of rotatable bonds is 5. The van der Waals surface area contributed by atoms with Gasteiger partial charge >= 0.3 is 0 Å². The number of piperazine rings is 1. The van der Waals surface area contributed by atoms with Crippen molar-refractivity contribution in [2.75, 3.05) is 32.7 Å². The third-order valence-corrected chi connectivity index (χ3v) is 5.92. The second kappa shape index (κ2) is 9.92. The summed E-state index contributed by atoms with van der Waals surface area (Å²) in [5.74, 6) is 0.275. The number of nitrogens with one attached hydrogen (secondary N) is 2. The van der Waals surface area contributed by atoms with Crippen molar-refractivity contribution in [3.63, 3.8) is 0 Å². The maximum absolute atomic E-state index is 12.3. The van der Waals surface area contributed by atoms with Gasteiger partial charge in [-0.1, -0.05) is 12.8 Å². The largest absolute Gasteiger partial charge is 0.340 e. The SMILES string of the molecule is Cc1csc(C2(NCCC(=O)N3CCNCC3)CCCC2)n1.Cl.Cl. The lowest BCUT2D eigenvalue weighted by molar-refractivity contribution is -0.131. The van der Waals surface area contributed by atoms with Crippen molar-refractivity contribution in [2.45, 2.75) is 44.6 Å². The minimum Gasteiger partial charge on any atom is -0.340 e. The highest BCUT2D eigenvalue weighted by molar-refractivity contribution is 7.09. The van der Waals surface area contributed by atoms with Crippen LogP contribution in [-0.4, -0.2) is 48.5 Å². The van der Waals surface area contributed by atoms with Crippen LogP contribution in [0.2, 0.25) is 0 Å². The van der Waals surface area contributed by atoms with E-state index in [0.717, 1.165) is 51.3 Å². The molecule has 0 bridgehead atoms. The Morgan fingerprint density at radius 2 is 2.00 bits per heavy atom. The van der Waals surface area contributed by atoms with Crippen molar-refractivity contribution in [2.24, 2.45) is 0 Å². The zero-order valence-corrected chi connectivity index (χ0v) is 16.6. The molecule has 2 heterocycles. The fourth-order valence-corrected chi connectivity index (χ4v) is 4.53. The highest BCUT2D eigenvalue weighted by atomic mass is 35.5. The van der Waals surface area contributed by atoms with E-state index in [1.54, 1.807) is 11.3 Å². The Morgan fingerprint density at radius 1 is 1.33 bits per heavy atom. The maximum atomic E-state index is 12.3. The number of halogens is 2. The third-order valence-electron chi connectivity index (χ3n) is 4.76. The Balaban J connectivity index is 0.00000144. The van der Waals surface area contributed by atoms with Crippen LogP contribution in [0, 0.1) is 6.92 Å². The van der Waals surface area contributed by atoms with E-state index >= 15 is 0 Å². The van der Waals surface area contributed by atoms with Crippen molar-refractivity contribution in [1.82, 2.24) is 20.5 Å². The second-order valence-electron chi connectivity index (χ2n) is 6.39. The Hall–Kier alpha value is -0.400. The topological polar surface area (TPSA) is 57.3 Å². The summed E-state index contributed by atoms with van der Waals surface area (Å²) in [6, 6.07) is 0. The smallest absolute Gasteiger partial charge is 0.223 e. The maximum Gasteiger partial charge on any atom is 0.223 e. The van der Waals surface area contributed by atoms with Crippen molar-refractivity contribution in [1.29, 1.82) is 0 Å². The summed E-state index contributed by atoms with van der Waals surface area (Å²) in [7, 11) is 0. The Kier molecular flexibility index (Phi) is 8.95. The van der Waals surface area contributed by atoms with E-state index in [0.29, 0.717) is 6.42 Å². The summed E-state index contributed by atoms with van der Waals surface area (Å²) in [5, 5.41) is 10.3. The van der Waals surface area contributed by atoms with Gasteiger partial charge in [-0.15, -0.1) is 36.2 Å². The summed E-state index contributed by atoms with van der Waals surface area (Å²) in [6.45, 7) is 6.33. The van der Waals surface area contributed by atoms with Crippen LogP contribution in [0.4, 0.5) is 0 Å². The molecule has 3 rings (SSSR count). The zero-order chi connectivity index (χ0) is 15.4. The van der Waals surface area contributed by atoms with Gasteiger partial charge in [0.05, 0.1) is 5.54 Å². The number of nitrogens with zero attached hydrogens (tertiary/aromatic N) is 2. The third kappa shape index (κ3) is 5.05. The van der Waals surface area contributed by atoms with E-state index in [9.17, 15) is 4.79 Å². The molecule has 0 aromatic carbocycles. The van der Waals surface area contributed by atoms with Gasteiger partial charge in [-0.2, -0.15) is 0 Å². The number of thiazole rings is 1. The summed E-state index contributed by atoms with van der Waals surface area (Å²) in [4.78, 5) is 18.9. The molecule has 0 radical (unpaired) electrons. The molecule has 0 atom stereocenters. The van der Waals surface area contributed by atoms with Crippen LogP contribution >= 0.6 is 36.2 Å². The fraction of sp³-hybridized carbons (Fsp3) is 0.750. The van der Waals surface area contributed by atoms with Gasteiger partial charge < -0.3 is 15.5 Å². The van der Waals surface area contributed by atoms with Gasteiger partial charge in [-0.05, 0) is 19.8 Å². The van der Waals surface area contributed by atoms with Crippen molar-refractivity contribution in [3.8, 4) is 0 Å². The lowest BCUT2D eigenvalue weighted by atomic mass is 9.98. The lowest BCUT2D eigenvalue weighted by Crippen LogP contribution is -2.48. The number of carbonyl (C=O) groups excluding carboxylic acids is 1. The number of hydrogen-bond acceptors (Lipinski definition) is 5. The first kappa shape index (κ1) is 21.6. The molecule has 1 aromatic heterocycles. The molecule has 5 nitrogen and oxygen atoms in total. The predicted octanol–water partition coefficient (Wildman–Crippen LogP) is 2.48. The van der Waals surface area contributed by atoms with Gasteiger partial charge in [0.15, 0.2) is 0 Å². The summed E-state index contributed by atoms with van der Waals surface area (Å²) in [5.41, 5.74) is 1.12. The molecule has 8 heteroatoms. The lowest BCUT2D eigenvalue weighted by Gasteiger charge is -2.30. The van der Waals surface area contributed by atoms with Crippen molar-refractivity contribution < 1.29 is 4.79 Å². The van der Waals surface area contributed by atoms with Crippen LogP contribution in [0.5, 0.6) is 0 Å². The van der Waals surface area contributed by atoms with E-state index in [-0.39, 0.29) is 36.3 Å². The van der Waals surface area contributed by atoms with Gasteiger partial charge in [0.2, 0.25) is 5.91 Å². The molecule has 24 heavy (non-hydrogen) atoms. The second-order valence-corrected chi connectivity index (χ2v) is 7.25. The van der Waals surface area contributed by atoms with E-state index in [2.05, 4.69) is 22.9 Å². The monoisotopic (exact) mass is 394 g/mol. The van der Waals surface area contributed by atoms with Crippen LogP contribution in [-0.2, 0) is 10.3 Å². The van der Waals surface area contributed by atoms with E-state index in [1.165, 1.54) is 17.8 Å². The Bertz CT molecular complexity index is 514. The Labute approximate surface area is 160 Å². The summed E-state index contributed by atoms with van der Waals surface area (Å²) >= 11 is 1.76. The summed E-state index contributed by atoms with van der Waals surface area (Å²) < 4.78 is 0. The minimum absolute atomic E-state index is 0. The number of carbonyl (C=O) groups is 1. The first-order valence-electron chi connectivity index (χ1n) is 8.36. The van der Waals surface area contributed by atoms with Gasteiger partial charge in [0, 0.05) is 50.2 Å². The van der Waals surface area contributed by atoms with Crippen LogP contribution < -0.4 is 10.6 Å². The van der Waals surface area contributed by atoms with Crippen molar-refractivity contribution >= 4 is 42.1 Å². The van der Waals surface area contributed by atoms with Gasteiger partial charge in [0.25, 0.3) is 0 Å². The van der Waals surface area contributed by atoms with Crippen LogP contribution in [0.25, 0.3) is 0 Å². The first-order chi connectivity index (χ1) is 10.7. The standard InChI is InChI=1S/C16H26N4OS.2ClH/c1-13-12-22-15(19-13)16(5-2-3-6-16)18-7-4-14(21)20-10-8-17-9-11-20;;/h12,17-18H,2-11H2,1H3;2*1H. The van der Waals surface area contributed by atoms with Gasteiger partial charge in [0.1, 0.15) is 5.01 Å². The average molecular weight is 395 g/mol. The predicted molar refractivity (Wildman–Crippen MR) is 104 cm³/mol. The molecule has 1 amide bonds. The zero-order valence-electron chi connectivity index (χ0n) is 14.2. The van der Waals surface area contributed by atoms with Crippen LogP contribution in [0.1, 0.15) is 42.8 Å². The molecule has 2 fully saturated rings. The van der Waals surface area contributed by atoms with Crippen LogP contribution in [0.15, 0.2) is 5.38 Å². The molecule has 1 saturated carbocycles. The van der Waals surface area contributed by atoms with E-state index in [4.69, 9.17) is 4.98 Å². The van der Waals surface area contributed by atoms with Gasteiger partial charge in [-0.3, -0.25) is 4.79 Å². The Morgan fingerprint density at radius 3 is 2.58 bits per heavy atom. The summed E-state index contributed by atoms with van der Waals surface area (Å²) in [6.07, 6.45) is 5.37. The number of amides is 1. The van der Waals surface area contributed by atoms with E-state index < -0.39 is 0 Å². The molecule has 1 saturated heterocycles.